The highest BCUT2D eigenvalue weighted by atomic mass is 32.1. The molecular formula is C25H21N3O4S. The number of nitrogen functional groups attached to an aromatic ring is 1. The van der Waals surface area contributed by atoms with Gasteiger partial charge in [-0.1, -0.05) is 30.3 Å². The summed E-state index contributed by atoms with van der Waals surface area (Å²) >= 11 is 1.01. The van der Waals surface area contributed by atoms with E-state index in [9.17, 15) is 14.7 Å². The Kier molecular flexibility index (Phi) is 4.75. The molecule has 1 aromatic heterocycles. The van der Waals surface area contributed by atoms with Crippen LogP contribution in [0, 0.1) is 6.92 Å². The van der Waals surface area contributed by atoms with Crippen molar-refractivity contribution in [2.75, 3.05) is 5.73 Å². The van der Waals surface area contributed by atoms with Crippen LogP contribution in [0.15, 0.2) is 60.7 Å². The van der Waals surface area contributed by atoms with Crippen molar-refractivity contribution in [3.05, 3.63) is 87.8 Å². The average Bonchev–Trinajstić information content (AvgIpc) is 3.21. The predicted octanol–water partition coefficient (Wildman–Crippen LogP) is 4.07. The van der Waals surface area contributed by atoms with Crippen LogP contribution in [0.5, 0.6) is 11.5 Å². The maximum Gasteiger partial charge on any atom is 0.346 e. The van der Waals surface area contributed by atoms with Gasteiger partial charge in [-0.3, -0.25) is 4.79 Å². The number of anilines is 1. The van der Waals surface area contributed by atoms with Gasteiger partial charge in [0.1, 0.15) is 21.9 Å². The lowest BCUT2D eigenvalue weighted by atomic mass is 9.69. The van der Waals surface area contributed by atoms with Crippen LogP contribution in [0.25, 0.3) is 10.1 Å². The number of nitrogens with two attached hydrogens (primary N) is 3. The summed E-state index contributed by atoms with van der Waals surface area (Å²) in [5, 5.41) is 10.3. The van der Waals surface area contributed by atoms with E-state index in [1.807, 2.05) is 43.3 Å². The molecule has 5 rings (SSSR count). The van der Waals surface area contributed by atoms with Crippen LogP contribution in [0.4, 0.5) is 5.69 Å². The number of carboxylic acid groups (broad SMARTS) is 1. The Morgan fingerprint density at radius 1 is 1.06 bits per heavy atom. The van der Waals surface area contributed by atoms with E-state index in [-0.39, 0.29) is 10.4 Å². The summed E-state index contributed by atoms with van der Waals surface area (Å²) in [7, 11) is 0. The largest absolute Gasteiger partial charge is 0.477 e. The van der Waals surface area contributed by atoms with E-state index < -0.39 is 23.3 Å². The molecule has 7 N–H and O–H groups in total. The molecular weight excluding hydrogens is 438 g/mol. The smallest absolute Gasteiger partial charge is 0.346 e. The number of hydrogen-bond donors (Lipinski definition) is 4. The molecule has 8 heteroatoms. The van der Waals surface area contributed by atoms with Gasteiger partial charge in [0, 0.05) is 16.6 Å². The first kappa shape index (κ1) is 21.1. The van der Waals surface area contributed by atoms with Gasteiger partial charge in [-0.05, 0) is 53.9 Å². The number of hydrogen-bond acceptors (Lipinski definition) is 7. The van der Waals surface area contributed by atoms with Gasteiger partial charge in [-0.2, -0.15) is 0 Å². The molecule has 0 spiro atoms. The summed E-state index contributed by atoms with van der Waals surface area (Å²) in [6, 6.07) is 16.8. The Bertz CT molecular complexity index is 1450. The van der Waals surface area contributed by atoms with Crippen LogP contribution < -0.4 is 21.9 Å². The number of rotatable bonds is 4. The lowest BCUT2D eigenvalue weighted by Crippen LogP contribution is -2.52. The second-order valence-corrected chi connectivity index (χ2v) is 9.12. The van der Waals surface area contributed by atoms with Gasteiger partial charge >= 0.3 is 5.97 Å². The Balaban J connectivity index is 1.76. The molecule has 2 unspecified atom stereocenters. The minimum atomic E-state index is -1.60. The standard InChI is InChI=1S/C25H21N3O4S/c1-12-7-8-14(32-13-5-3-2-4-6-13)11-16(12)25(28)15-9-10-17(26)21-18(15)19(20(27)23(25)29)22(33-21)24(30)31/h2-11,20H,26-28H2,1H3,(H,30,31). The molecule has 1 aliphatic rings. The van der Waals surface area contributed by atoms with E-state index in [1.165, 1.54) is 0 Å². The van der Waals surface area contributed by atoms with Crippen molar-refractivity contribution in [1.29, 1.82) is 0 Å². The number of ether oxygens (including phenoxy) is 1. The van der Waals surface area contributed by atoms with E-state index in [1.54, 1.807) is 24.3 Å². The third kappa shape index (κ3) is 3.03. The van der Waals surface area contributed by atoms with Gasteiger partial charge in [-0.15, -0.1) is 11.3 Å². The van der Waals surface area contributed by atoms with Crippen molar-refractivity contribution in [2.24, 2.45) is 11.5 Å². The molecule has 0 saturated heterocycles. The Labute approximate surface area is 193 Å². The first-order valence-electron chi connectivity index (χ1n) is 10.2. The van der Waals surface area contributed by atoms with Gasteiger partial charge in [0.15, 0.2) is 5.78 Å². The van der Waals surface area contributed by atoms with E-state index in [0.717, 1.165) is 16.9 Å². The number of Topliss-reactive ketones (excluding diaryl/α,β-unsaturated/α-hetero) is 1. The number of aromatic carboxylic acids is 1. The quantitative estimate of drug-likeness (QED) is 0.337. The second kappa shape index (κ2) is 7.41. The molecule has 166 valence electrons. The summed E-state index contributed by atoms with van der Waals surface area (Å²) in [5.74, 6) is -0.478. The number of aryl methyl sites for hydroxylation is 1. The van der Waals surface area contributed by atoms with Gasteiger partial charge < -0.3 is 27.0 Å². The normalized spacial score (nSPS) is 19.6. The second-order valence-electron chi connectivity index (χ2n) is 8.10. The molecule has 0 bridgehead atoms. The van der Waals surface area contributed by atoms with Gasteiger partial charge in [0.2, 0.25) is 0 Å². The van der Waals surface area contributed by atoms with Gasteiger partial charge in [0.05, 0.1) is 10.7 Å². The highest BCUT2D eigenvalue weighted by Crippen LogP contribution is 2.50. The van der Waals surface area contributed by atoms with Crippen molar-refractivity contribution in [2.45, 2.75) is 18.5 Å². The van der Waals surface area contributed by atoms with Crippen LogP contribution in [0.2, 0.25) is 0 Å². The monoisotopic (exact) mass is 459 g/mol. The number of carbonyl (C=O) groups excluding carboxylic acids is 1. The fourth-order valence-corrected chi connectivity index (χ4v) is 5.67. The highest BCUT2D eigenvalue weighted by Gasteiger charge is 2.49. The topological polar surface area (TPSA) is 142 Å². The van der Waals surface area contributed by atoms with Crippen LogP contribution >= 0.6 is 11.3 Å². The van der Waals surface area contributed by atoms with E-state index in [4.69, 9.17) is 21.9 Å². The molecule has 0 saturated carbocycles. The Morgan fingerprint density at radius 2 is 1.79 bits per heavy atom. The molecule has 1 heterocycles. The number of para-hydroxylation sites is 1. The van der Waals surface area contributed by atoms with Crippen molar-refractivity contribution >= 4 is 38.9 Å². The number of benzene rings is 3. The van der Waals surface area contributed by atoms with E-state index in [2.05, 4.69) is 0 Å². The minimum Gasteiger partial charge on any atom is -0.477 e. The molecule has 0 radical (unpaired) electrons. The van der Waals surface area contributed by atoms with E-state index in [0.29, 0.717) is 38.4 Å². The zero-order chi connectivity index (χ0) is 23.5. The molecule has 0 amide bonds. The lowest BCUT2D eigenvalue weighted by molar-refractivity contribution is -0.124. The number of carbonyl (C=O) groups is 2. The highest BCUT2D eigenvalue weighted by molar-refractivity contribution is 7.21. The summed E-state index contributed by atoms with van der Waals surface area (Å²) in [4.78, 5) is 25.6. The zero-order valence-electron chi connectivity index (χ0n) is 17.7. The summed E-state index contributed by atoms with van der Waals surface area (Å²) in [5.41, 5.74) is 20.3. The van der Waals surface area contributed by atoms with Crippen molar-refractivity contribution in [3.63, 3.8) is 0 Å². The number of ketones is 1. The SMILES string of the molecule is Cc1ccc(Oc2ccccc2)cc1C1(N)C(=O)C(N)c2c(C(=O)O)sc3c(N)ccc1c23. The average molecular weight is 460 g/mol. The van der Waals surface area contributed by atoms with Crippen LogP contribution in [0.3, 0.4) is 0 Å². The number of carboxylic acids is 1. The first-order chi connectivity index (χ1) is 15.7. The molecule has 0 fully saturated rings. The molecule has 2 atom stereocenters. The minimum absolute atomic E-state index is 0.00457. The zero-order valence-corrected chi connectivity index (χ0v) is 18.5. The fraction of sp³-hybridized carbons (Fsp3) is 0.120. The van der Waals surface area contributed by atoms with Gasteiger partial charge in [0.25, 0.3) is 0 Å². The Morgan fingerprint density at radius 3 is 2.48 bits per heavy atom. The lowest BCUT2D eigenvalue weighted by Gasteiger charge is -2.37. The molecule has 4 aromatic rings. The fourth-order valence-electron chi connectivity index (χ4n) is 4.53. The molecule has 1 aliphatic carbocycles. The molecule has 3 aromatic carbocycles. The summed E-state index contributed by atoms with van der Waals surface area (Å²) in [6.45, 7) is 1.86. The summed E-state index contributed by atoms with van der Waals surface area (Å²) in [6.07, 6.45) is 0. The van der Waals surface area contributed by atoms with Crippen LogP contribution in [0.1, 0.15) is 38.0 Å². The Hall–Kier alpha value is -3.72. The third-order valence-electron chi connectivity index (χ3n) is 6.12. The van der Waals surface area contributed by atoms with Crippen molar-refractivity contribution in [1.82, 2.24) is 0 Å². The maximum atomic E-state index is 13.7. The van der Waals surface area contributed by atoms with Crippen molar-refractivity contribution < 1.29 is 19.4 Å². The molecule has 33 heavy (non-hydrogen) atoms. The van der Waals surface area contributed by atoms with E-state index >= 15 is 0 Å². The van der Waals surface area contributed by atoms with Crippen LogP contribution in [-0.2, 0) is 10.3 Å². The van der Waals surface area contributed by atoms with Crippen molar-refractivity contribution in [3.8, 4) is 11.5 Å². The molecule has 0 aliphatic heterocycles. The summed E-state index contributed by atoms with van der Waals surface area (Å²) < 4.78 is 6.54. The van der Waals surface area contributed by atoms with Crippen LogP contribution in [-0.4, -0.2) is 16.9 Å². The third-order valence-corrected chi connectivity index (χ3v) is 7.36. The van der Waals surface area contributed by atoms with Gasteiger partial charge in [-0.25, -0.2) is 4.79 Å². The predicted molar refractivity (Wildman–Crippen MR) is 128 cm³/mol. The molecule has 7 nitrogen and oxygen atoms in total. The number of thiophene rings is 1. The first-order valence-corrected chi connectivity index (χ1v) is 11.1. The maximum absolute atomic E-state index is 13.7.